The van der Waals surface area contributed by atoms with Gasteiger partial charge in [-0.2, -0.15) is 0 Å². The molecule has 1 saturated heterocycles. The van der Waals surface area contributed by atoms with E-state index in [1.807, 2.05) is 0 Å². The number of rotatable bonds is 3. The predicted molar refractivity (Wildman–Crippen MR) is 89.3 cm³/mol. The third-order valence-corrected chi connectivity index (χ3v) is 3.08. The molecule has 25 heavy (non-hydrogen) atoms. The van der Waals surface area contributed by atoms with Crippen LogP contribution in [-0.4, -0.2) is 75.0 Å². The molecule has 1 fully saturated rings. The molecule has 140 valence electrons. The number of aliphatic hydroxyl groups excluding tert-OH is 3. The molecule has 3 unspecified atom stereocenters. The van der Waals surface area contributed by atoms with Crippen molar-refractivity contribution in [2.45, 2.75) is 24.2 Å². The highest BCUT2D eigenvalue weighted by molar-refractivity contribution is 7.56. The summed E-state index contributed by atoms with van der Waals surface area (Å²) in [5.41, 5.74) is 12.0. The van der Waals surface area contributed by atoms with E-state index >= 15 is 0 Å². The van der Waals surface area contributed by atoms with E-state index in [1.54, 1.807) is 0 Å². The Bertz CT molecular complexity index is 663. The highest BCUT2D eigenvalue weighted by atomic mass is 31.2. The van der Waals surface area contributed by atoms with E-state index in [0.717, 1.165) is 0 Å². The van der Waals surface area contributed by atoms with E-state index in [4.69, 9.17) is 20.9 Å². The number of aliphatic imine (C=N–C) groups is 1. The summed E-state index contributed by atoms with van der Waals surface area (Å²) >= 11 is 0. The highest BCUT2D eigenvalue weighted by Crippen LogP contribution is 2.36. The molecule has 0 aromatic rings. The van der Waals surface area contributed by atoms with Crippen LogP contribution in [-0.2, 0) is 9.30 Å². The van der Waals surface area contributed by atoms with Crippen molar-refractivity contribution < 1.29 is 29.5 Å². The Morgan fingerprint density at radius 1 is 1.60 bits per heavy atom. The van der Waals surface area contributed by atoms with Gasteiger partial charge in [0.2, 0.25) is 5.72 Å². The van der Waals surface area contributed by atoms with Crippen LogP contribution < -0.4 is 5.73 Å². The van der Waals surface area contributed by atoms with Gasteiger partial charge in [-0.1, -0.05) is 11.7 Å². The van der Waals surface area contributed by atoms with Gasteiger partial charge >= 0.3 is 0 Å². The summed E-state index contributed by atoms with van der Waals surface area (Å²) in [5, 5.41) is 32.5. The van der Waals surface area contributed by atoms with Crippen molar-refractivity contribution >= 4 is 13.2 Å². The fourth-order valence-electron chi connectivity index (χ4n) is 2.03. The number of hydrogen-bond acceptors (Lipinski definition) is 9. The molecule has 0 bridgehead atoms. The molecule has 2 aliphatic heterocycles. The van der Waals surface area contributed by atoms with Crippen LogP contribution in [0, 0.1) is 0 Å². The molecule has 2 heterocycles. The number of ether oxygens (including phenoxy) is 1. The summed E-state index contributed by atoms with van der Waals surface area (Å²) in [6.45, 7) is 5.44. The maximum absolute atomic E-state index is 10.0. The van der Waals surface area contributed by atoms with E-state index in [1.165, 1.54) is 30.5 Å². The van der Waals surface area contributed by atoms with Crippen molar-refractivity contribution in [1.29, 1.82) is 0 Å². The van der Waals surface area contributed by atoms with Gasteiger partial charge in [-0.05, 0) is 11.6 Å². The van der Waals surface area contributed by atoms with Gasteiger partial charge in [0, 0.05) is 24.4 Å². The number of hydrogen-bond donors (Lipinski definition) is 5. The largest absolute Gasteiger partial charge is 0.393 e. The summed E-state index contributed by atoms with van der Waals surface area (Å²) in [7, 11) is -2.64. The van der Waals surface area contributed by atoms with Crippen LogP contribution in [0.1, 0.15) is 0 Å². The zero-order valence-corrected chi connectivity index (χ0v) is 14.6. The van der Waals surface area contributed by atoms with Crippen LogP contribution in [0.4, 0.5) is 0 Å². The lowest BCUT2D eigenvalue weighted by atomic mass is 10.1. The first-order valence-electron chi connectivity index (χ1n) is 6.93. The van der Waals surface area contributed by atoms with Crippen molar-refractivity contribution in [1.82, 2.24) is 4.90 Å². The van der Waals surface area contributed by atoms with Gasteiger partial charge in [0.25, 0.3) is 0 Å². The molecule has 13 heteroatoms. The Hall–Kier alpha value is -1.91. The van der Waals surface area contributed by atoms with Gasteiger partial charge in [0.15, 0.2) is 13.6 Å². The normalized spacial score (nSPS) is 31.8. The first-order chi connectivity index (χ1) is 11.4. The van der Waals surface area contributed by atoms with E-state index in [9.17, 15) is 19.9 Å². The van der Waals surface area contributed by atoms with Crippen molar-refractivity contribution in [3.8, 4) is 0 Å². The lowest BCUT2D eigenvalue weighted by molar-refractivity contribution is -0.130. The van der Waals surface area contributed by atoms with Gasteiger partial charge in [-0.15, -0.1) is 0 Å². The molecular weight excluding hydrogens is 355 g/mol. The second-order valence-corrected chi connectivity index (χ2v) is 8.19. The predicted octanol–water partition coefficient (Wildman–Crippen LogP) is -0.763. The number of aliphatic hydroxyl groups is 3. The average molecular weight is 376 g/mol. The minimum Gasteiger partial charge on any atom is -0.393 e. The Balaban J connectivity index is 0.000000550. The molecule has 0 radical (unpaired) electrons. The Labute approximate surface area is 143 Å². The third-order valence-electron chi connectivity index (χ3n) is 3.08. The quantitative estimate of drug-likeness (QED) is 0.183. The van der Waals surface area contributed by atoms with Crippen LogP contribution in [0.2, 0.25) is 0 Å². The van der Waals surface area contributed by atoms with Crippen molar-refractivity contribution in [2.75, 3.05) is 19.9 Å². The monoisotopic (exact) mass is 376 g/mol. The lowest BCUT2D eigenvalue weighted by Gasteiger charge is -2.31. The Morgan fingerprint density at radius 2 is 2.16 bits per heavy atom. The molecule has 12 nitrogen and oxygen atoms in total. The fraction of sp³-hybridized carbons (Fsp3) is 0.583. The molecule has 0 amide bonds. The molecule has 0 aromatic heterocycles. The summed E-state index contributed by atoms with van der Waals surface area (Å²) in [6.07, 6.45) is -1.26. The second kappa shape index (κ2) is 7.98. The highest BCUT2D eigenvalue weighted by Gasteiger charge is 2.55. The molecule has 2 rings (SSSR count). The minimum absolute atomic E-state index is 0.177. The van der Waals surface area contributed by atoms with E-state index < -0.39 is 38.1 Å². The van der Waals surface area contributed by atoms with Crippen molar-refractivity contribution in [3.05, 3.63) is 35.1 Å². The molecule has 0 saturated carbocycles. The maximum atomic E-state index is 10.0. The summed E-state index contributed by atoms with van der Waals surface area (Å²) in [5.74, 6) is 0.402. The van der Waals surface area contributed by atoms with Gasteiger partial charge in [-0.3, -0.25) is 4.57 Å². The summed E-state index contributed by atoms with van der Waals surface area (Å²) < 4.78 is 15.1. The topological polar surface area (TPSA) is 198 Å². The van der Waals surface area contributed by atoms with Gasteiger partial charge < -0.3 is 35.6 Å². The van der Waals surface area contributed by atoms with Crippen LogP contribution >= 0.6 is 7.37 Å². The number of nitrogens with zero attached hydrogens (tertiary/aromatic N) is 5. The molecular formula is C12H21N6O6P. The molecule has 0 aromatic carbocycles. The maximum Gasteiger partial charge on any atom is 0.200 e. The van der Waals surface area contributed by atoms with Crippen molar-refractivity contribution in [2.24, 2.45) is 15.8 Å². The van der Waals surface area contributed by atoms with Crippen LogP contribution in [0.5, 0.6) is 0 Å². The number of azide groups is 1. The standard InChI is InChI=1S/C10H14N6O4.C2H7O2P/c1-5-13-6(11)2-3-16(5)9-7(18)8(19)10(4-17,20-9)14-15-12;1-5(2,3)4/h2-3,7-9,17-19H,1,4H2,(H2,11,13);1-2H3,(H,3,4)/t7?,8?,9-,10?;/m1./s1. The first kappa shape index (κ1) is 21.1. The molecule has 2 aliphatic rings. The fourth-order valence-corrected chi connectivity index (χ4v) is 2.03. The van der Waals surface area contributed by atoms with Crippen LogP contribution in [0.15, 0.2) is 34.8 Å². The molecule has 0 aliphatic carbocycles. The van der Waals surface area contributed by atoms with E-state index in [-0.39, 0.29) is 11.7 Å². The van der Waals surface area contributed by atoms with E-state index in [2.05, 4.69) is 21.6 Å². The third kappa shape index (κ3) is 5.28. The number of amidine groups is 1. The number of nitrogens with two attached hydrogens (primary N) is 1. The molecule has 4 atom stereocenters. The van der Waals surface area contributed by atoms with Gasteiger partial charge in [0.05, 0.1) is 6.61 Å². The van der Waals surface area contributed by atoms with Gasteiger partial charge in [0.1, 0.15) is 23.9 Å². The molecule has 6 N–H and O–H groups in total. The molecule has 0 spiro atoms. The van der Waals surface area contributed by atoms with Crippen molar-refractivity contribution in [3.63, 3.8) is 0 Å². The Kier molecular flexibility index (Phi) is 6.75. The smallest absolute Gasteiger partial charge is 0.200 e. The SMILES string of the molecule is C=C1N=C(N)C=CN1[C@@H]1OC(CO)(N=[N+]=[N-])C(O)C1O.CP(C)(=O)O. The van der Waals surface area contributed by atoms with Crippen LogP contribution in [0.25, 0.3) is 10.4 Å². The lowest BCUT2D eigenvalue weighted by Crippen LogP contribution is -2.44. The van der Waals surface area contributed by atoms with Crippen LogP contribution in [0.3, 0.4) is 0 Å². The Morgan fingerprint density at radius 3 is 2.60 bits per heavy atom. The zero-order chi connectivity index (χ0) is 19.4. The summed E-state index contributed by atoms with van der Waals surface area (Å²) in [4.78, 5) is 15.8. The first-order valence-corrected chi connectivity index (χ1v) is 9.49. The average Bonchev–Trinajstić information content (AvgIpc) is 2.72. The second-order valence-electron chi connectivity index (χ2n) is 5.61. The minimum atomic E-state index is -2.64. The van der Waals surface area contributed by atoms with E-state index in [0.29, 0.717) is 0 Å². The summed E-state index contributed by atoms with van der Waals surface area (Å²) in [6, 6.07) is 0. The zero-order valence-electron chi connectivity index (χ0n) is 13.7. The van der Waals surface area contributed by atoms with Gasteiger partial charge in [-0.25, -0.2) is 4.99 Å².